The summed E-state index contributed by atoms with van der Waals surface area (Å²) >= 11 is 0. The number of hydrogen-bond donors (Lipinski definition) is 3. The fraction of sp³-hybridized carbons (Fsp3) is 0.519. The Morgan fingerprint density at radius 2 is 1.82 bits per heavy atom. The molecule has 0 bridgehead atoms. The molecule has 34 heavy (non-hydrogen) atoms. The van der Waals surface area contributed by atoms with E-state index in [4.69, 9.17) is 0 Å². The average Bonchev–Trinajstić information content (AvgIpc) is 2.70. The number of carbonyl (C=O) groups excluding carboxylic acids is 1. The molecule has 1 heterocycles. The molecular formula is C27H37F2N3O2. The van der Waals surface area contributed by atoms with E-state index in [2.05, 4.69) is 61.6 Å². The molecule has 0 saturated carbocycles. The highest BCUT2D eigenvalue weighted by Gasteiger charge is 2.27. The predicted octanol–water partition coefficient (Wildman–Crippen LogP) is 4.13. The lowest BCUT2D eigenvalue weighted by atomic mass is 9.86. The van der Waals surface area contributed by atoms with Gasteiger partial charge in [0.05, 0.1) is 12.1 Å². The van der Waals surface area contributed by atoms with Gasteiger partial charge in [0.15, 0.2) is 0 Å². The number of halogens is 2. The second-order valence-electron chi connectivity index (χ2n) is 10.7. The van der Waals surface area contributed by atoms with Crippen molar-refractivity contribution in [3.05, 3.63) is 64.7 Å². The Labute approximate surface area is 201 Å². The molecule has 0 saturated heterocycles. The summed E-state index contributed by atoms with van der Waals surface area (Å²) in [6, 6.07) is 9.24. The second-order valence-corrected chi connectivity index (χ2v) is 10.7. The Hall–Kier alpha value is -2.51. The van der Waals surface area contributed by atoms with Crippen LogP contribution in [0.2, 0.25) is 0 Å². The predicted molar refractivity (Wildman–Crippen MR) is 132 cm³/mol. The van der Waals surface area contributed by atoms with Gasteiger partial charge in [-0.3, -0.25) is 4.79 Å². The summed E-state index contributed by atoms with van der Waals surface area (Å²) in [6.07, 6.45) is 1.04. The van der Waals surface area contributed by atoms with Gasteiger partial charge in [0.2, 0.25) is 5.91 Å². The third-order valence-corrected chi connectivity index (χ3v) is 6.17. The Kier molecular flexibility index (Phi) is 8.31. The monoisotopic (exact) mass is 473 g/mol. The van der Waals surface area contributed by atoms with Crippen molar-refractivity contribution in [2.75, 3.05) is 25.0 Å². The zero-order valence-corrected chi connectivity index (χ0v) is 20.8. The molecule has 1 amide bonds. The van der Waals surface area contributed by atoms with E-state index in [9.17, 15) is 18.7 Å². The standard InChI is InChI=1S/C27H37F2N3O2/c1-17(33)31-24(13-19-10-20(28)14-21(29)11-19)26(34)16-30-23-8-9-32(5)25-7-6-18(12-22(23)25)15-27(2,3)4/h6-7,10-12,14,23-24,26,30,34H,8-9,13,15-16H2,1-5H3,(H,31,33)/t23-,24-,26-/m0/s1. The van der Waals surface area contributed by atoms with Gasteiger partial charge >= 0.3 is 0 Å². The SMILES string of the molecule is CC(=O)N[C@@H](Cc1cc(F)cc(F)c1)[C@@H](O)CN[C@H]1CCN(C)c2ccc(CC(C)(C)C)cc21. The average molecular weight is 474 g/mol. The maximum atomic E-state index is 13.6. The molecule has 1 aliphatic heterocycles. The van der Waals surface area contributed by atoms with Gasteiger partial charge in [0, 0.05) is 44.9 Å². The first kappa shape index (κ1) is 26.1. The van der Waals surface area contributed by atoms with Gasteiger partial charge in [0.25, 0.3) is 0 Å². The molecule has 1 aliphatic rings. The molecule has 2 aromatic rings. The van der Waals surface area contributed by atoms with E-state index in [-0.39, 0.29) is 30.3 Å². The number of carbonyl (C=O) groups is 1. The molecule has 0 aliphatic carbocycles. The molecule has 3 rings (SSSR count). The number of nitrogens with zero attached hydrogens (tertiary/aromatic N) is 1. The molecule has 186 valence electrons. The molecule has 7 heteroatoms. The molecule has 0 aromatic heterocycles. The minimum absolute atomic E-state index is 0.0605. The normalized spacial score (nSPS) is 17.8. The van der Waals surface area contributed by atoms with E-state index in [0.717, 1.165) is 25.5 Å². The number of benzene rings is 2. The van der Waals surface area contributed by atoms with Crippen LogP contribution in [0.15, 0.2) is 36.4 Å². The van der Waals surface area contributed by atoms with Crippen LogP contribution in [-0.2, 0) is 17.6 Å². The number of rotatable bonds is 8. The molecule has 3 atom stereocenters. The fourth-order valence-corrected chi connectivity index (χ4v) is 4.70. The van der Waals surface area contributed by atoms with Gasteiger partial charge in [-0.25, -0.2) is 8.78 Å². The molecule has 3 N–H and O–H groups in total. The summed E-state index contributed by atoms with van der Waals surface area (Å²) in [7, 11) is 2.08. The van der Waals surface area contributed by atoms with Crippen LogP contribution >= 0.6 is 0 Å². The van der Waals surface area contributed by atoms with Crippen molar-refractivity contribution in [2.24, 2.45) is 5.41 Å². The lowest BCUT2D eigenvalue weighted by Crippen LogP contribution is -2.49. The third kappa shape index (κ3) is 7.24. The Bertz CT molecular complexity index is 986. The number of aliphatic hydroxyl groups is 1. The summed E-state index contributed by atoms with van der Waals surface area (Å²) in [4.78, 5) is 14.0. The smallest absolute Gasteiger partial charge is 0.217 e. The highest BCUT2D eigenvalue weighted by molar-refractivity contribution is 5.73. The third-order valence-electron chi connectivity index (χ3n) is 6.17. The van der Waals surface area contributed by atoms with Crippen molar-refractivity contribution in [3.8, 4) is 0 Å². The highest BCUT2D eigenvalue weighted by Crippen LogP contribution is 2.35. The molecule has 0 fully saturated rings. The number of aliphatic hydroxyl groups excluding tert-OH is 1. The Morgan fingerprint density at radius 3 is 2.44 bits per heavy atom. The molecule has 0 spiro atoms. The first-order valence-corrected chi connectivity index (χ1v) is 11.9. The number of hydrogen-bond acceptors (Lipinski definition) is 4. The number of anilines is 1. The highest BCUT2D eigenvalue weighted by atomic mass is 19.1. The first-order valence-electron chi connectivity index (χ1n) is 11.9. The van der Waals surface area contributed by atoms with Gasteiger partial charge in [-0.15, -0.1) is 0 Å². The van der Waals surface area contributed by atoms with E-state index in [0.29, 0.717) is 5.56 Å². The molecule has 0 radical (unpaired) electrons. The maximum Gasteiger partial charge on any atom is 0.217 e. The first-order chi connectivity index (χ1) is 15.9. The minimum atomic E-state index is -0.934. The van der Waals surface area contributed by atoms with Gasteiger partial charge in [0.1, 0.15) is 11.6 Å². The molecular weight excluding hydrogens is 436 g/mol. The van der Waals surface area contributed by atoms with E-state index in [1.807, 2.05) is 0 Å². The Morgan fingerprint density at radius 1 is 1.15 bits per heavy atom. The quantitative estimate of drug-likeness (QED) is 0.539. The maximum absolute atomic E-state index is 13.6. The molecule has 0 unspecified atom stereocenters. The summed E-state index contributed by atoms with van der Waals surface area (Å²) in [5, 5.41) is 17.1. The van der Waals surface area contributed by atoms with Crippen LogP contribution in [0.25, 0.3) is 0 Å². The minimum Gasteiger partial charge on any atom is -0.390 e. The van der Waals surface area contributed by atoms with Crippen LogP contribution in [0.3, 0.4) is 0 Å². The largest absolute Gasteiger partial charge is 0.390 e. The number of amides is 1. The van der Waals surface area contributed by atoms with Crippen molar-refractivity contribution in [2.45, 2.75) is 65.1 Å². The fourth-order valence-electron chi connectivity index (χ4n) is 4.70. The number of fused-ring (bicyclic) bond motifs is 1. The van der Waals surface area contributed by atoms with Crippen molar-refractivity contribution in [3.63, 3.8) is 0 Å². The lowest BCUT2D eigenvalue weighted by Gasteiger charge is -2.35. The molecule has 5 nitrogen and oxygen atoms in total. The second kappa shape index (κ2) is 10.8. The van der Waals surface area contributed by atoms with Gasteiger partial charge in [-0.1, -0.05) is 32.9 Å². The number of nitrogens with one attached hydrogen (secondary N) is 2. The van der Waals surface area contributed by atoms with Crippen molar-refractivity contribution in [1.29, 1.82) is 0 Å². The van der Waals surface area contributed by atoms with Crippen LogP contribution < -0.4 is 15.5 Å². The van der Waals surface area contributed by atoms with Gasteiger partial charge in [-0.05, 0) is 59.6 Å². The van der Waals surface area contributed by atoms with E-state index < -0.39 is 23.8 Å². The van der Waals surface area contributed by atoms with Crippen LogP contribution in [-0.4, -0.2) is 43.3 Å². The zero-order valence-electron chi connectivity index (χ0n) is 20.8. The summed E-state index contributed by atoms with van der Waals surface area (Å²) in [5.74, 6) is -1.67. The van der Waals surface area contributed by atoms with E-state index >= 15 is 0 Å². The molecule has 2 aromatic carbocycles. The van der Waals surface area contributed by atoms with Gasteiger partial charge < -0.3 is 20.6 Å². The summed E-state index contributed by atoms with van der Waals surface area (Å²) in [6.45, 7) is 9.15. The Balaban J connectivity index is 1.74. The van der Waals surface area contributed by atoms with E-state index in [1.165, 1.54) is 35.9 Å². The van der Waals surface area contributed by atoms with Crippen LogP contribution in [0, 0.1) is 17.0 Å². The summed E-state index contributed by atoms with van der Waals surface area (Å²) in [5.41, 5.74) is 4.20. The topological polar surface area (TPSA) is 64.6 Å². The van der Waals surface area contributed by atoms with Crippen molar-refractivity contribution in [1.82, 2.24) is 10.6 Å². The van der Waals surface area contributed by atoms with Crippen molar-refractivity contribution >= 4 is 11.6 Å². The van der Waals surface area contributed by atoms with E-state index in [1.54, 1.807) is 0 Å². The van der Waals surface area contributed by atoms with Gasteiger partial charge in [-0.2, -0.15) is 0 Å². The lowest BCUT2D eigenvalue weighted by molar-refractivity contribution is -0.120. The van der Waals surface area contributed by atoms with Crippen LogP contribution in [0.1, 0.15) is 56.8 Å². The van der Waals surface area contributed by atoms with Crippen molar-refractivity contribution < 1.29 is 18.7 Å². The zero-order chi connectivity index (χ0) is 25.0. The summed E-state index contributed by atoms with van der Waals surface area (Å²) < 4.78 is 27.3. The van der Waals surface area contributed by atoms with Crippen LogP contribution in [0.4, 0.5) is 14.5 Å². The van der Waals surface area contributed by atoms with Crippen LogP contribution in [0.5, 0.6) is 0 Å².